The summed E-state index contributed by atoms with van der Waals surface area (Å²) in [6, 6.07) is 19.7. The van der Waals surface area contributed by atoms with E-state index < -0.39 is 0 Å². The topological polar surface area (TPSA) is 74.0 Å². The smallest absolute Gasteiger partial charge is 0.137 e. The molecule has 1 saturated heterocycles. The molecule has 40 heavy (non-hydrogen) atoms. The summed E-state index contributed by atoms with van der Waals surface area (Å²) in [4.78, 5) is 16.5. The van der Waals surface area contributed by atoms with Crippen molar-refractivity contribution in [2.45, 2.75) is 71.8 Å². The zero-order valence-corrected chi connectivity index (χ0v) is 24.7. The number of para-hydroxylation sites is 2. The maximum atomic E-state index is 9.31. The summed E-state index contributed by atoms with van der Waals surface area (Å²) >= 11 is 0. The maximum Gasteiger partial charge on any atom is 0.137 e. The van der Waals surface area contributed by atoms with Crippen molar-refractivity contribution in [1.82, 2.24) is 14.5 Å². The Bertz CT molecular complexity index is 1320. The highest BCUT2D eigenvalue weighted by Gasteiger charge is 2.21. The van der Waals surface area contributed by atoms with E-state index in [0.29, 0.717) is 5.92 Å². The van der Waals surface area contributed by atoms with E-state index in [1.165, 1.54) is 55.2 Å². The number of imidazole rings is 1. The molecule has 3 aromatic rings. The average Bonchev–Trinajstić information content (AvgIpc) is 3.20. The summed E-state index contributed by atoms with van der Waals surface area (Å²) in [6.07, 6.45) is 11.2. The minimum atomic E-state index is 0.664. The number of fused-ring (bicyclic) bond motifs is 1. The number of aldehydes is 1. The lowest BCUT2D eigenvalue weighted by atomic mass is 9.89. The number of likely N-dealkylation sites (tertiary alicyclic amines) is 1. The first kappa shape index (κ1) is 30.8. The van der Waals surface area contributed by atoms with E-state index >= 15 is 0 Å². The van der Waals surface area contributed by atoms with Crippen LogP contribution >= 0.6 is 0 Å². The molecule has 0 spiro atoms. The van der Waals surface area contributed by atoms with Gasteiger partial charge in [0.05, 0.1) is 17.1 Å². The van der Waals surface area contributed by atoms with E-state index in [2.05, 4.69) is 75.5 Å². The molecule has 0 radical (unpaired) electrons. The quantitative estimate of drug-likeness (QED) is 0.313. The van der Waals surface area contributed by atoms with Gasteiger partial charge in [0, 0.05) is 24.9 Å². The largest absolute Gasteiger partial charge is 0.388 e. The first-order chi connectivity index (χ1) is 19.7. The van der Waals surface area contributed by atoms with E-state index in [9.17, 15) is 5.26 Å². The van der Waals surface area contributed by atoms with E-state index in [-0.39, 0.29) is 0 Å². The molecule has 0 atom stereocenters. The van der Waals surface area contributed by atoms with Gasteiger partial charge in [0.15, 0.2) is 0 Å². The molecule has 1 N–H and O–H groups in total. The highest BCUT2D eigenvalue weighted by molar-refractivity contribution is 5.80. The first-order valence-electron chi connectivity index (χ1n) is 14.8. The Labute approximate surface area is 240 Å². The van der Waals surface area contributed by atoms with Crippen molar-refractivity contribution in [3.8, 4) is 6.07 Å². The van der Waals surface area contributed by atoms with Gasteiger partial charge in [0.25, 0.3) is 0 Å². The highest BCUT2D eigenvalue weighted by Crippen LogP contribution is 2.31. The van der Waals surface area contributed by atoms with Crippen LogP contribution in [0.3, 0.4) is 0 Å². The van der Waals surface area contributed by atoms with Gasteiger partial charge in [-0.3, -0.25) is 0 Å². The van der Waals surface area contributed by atoms with Gasteiger partial charge in [-0.1, -0.05) is 44.2 Å². The number of allylic oxidation sites excluding steroid dienone is 4. The molecule has 2 aliphatic rings. The Morgan fingerprint density at radius 2 is 1.80 bits per heavy atom. The Morgan fingerprint density at radius 1 is 1.05 bits per heavy atom. The lowest BCUT2D eigenvalue weighted by molar-refractivity contribution is -0.106. The van der Waals surface area contributed by atoms with Gasteiger partial charge in [-0.15, -0.1) is 0 Å². The average molecular weight is 540 g/mol. The van der Waals surface area contributed by atoms with Crippen LogP contribution in [-0.4, -0.2) is 47.4 Å². The molecule has 2 heterocycles. The normalized spacial score (nSPS) is 15.8. The monoisotopic (exact) mass is 539 g/mol. The number of benzene rings is 2. The molecule has 1 aromatic heterocycles. The van der Waals surface area contributed by atoms with Gasteiger partial charge in [-0.2, -0.15) is 5.26 Å². The van der Waals surface area contributed by atoms with Crippen LogP contribution in [0.15, 0.2) is 66.3 Å². The molecule has 5 rings (SSSR count). The summed E-state index contributed by atoms with van der Waals surface area (Å²) in [6.45, 7) is 9.86. The second-order valence-corrected chi connectivity index (χ2v) is 10.0. The van der Waals surface area contributed by atoms with Crippen LogP contribution in [0.1, 0.15) is 76.6 Å². The molecule has 1 aliphatic heterocycles. The standard InChI is InChI=1S/C30H35N5.C2H4O.C2H6/c1-32-27-10-5-9-26(21-27)24-15-19-34(20-16-24)17-6-18-35-29-12-3-2-11-28(29)33-30(35)25-8-4-7-23(22-31)13-14-25;1-2-3;1-2/h2-3,5,9-14,21,24,32H,4,6-8,15-20H2,1H3;2H,1H3;1-2H3. The number of rotatable bonds is 7. The highest BCUT2D eigenvalue weighted by atomic mass is 16.1. The van der Waals surface area contributed by atoms with Gasteiger partial charge >= 0.3 is 0 Å². The molecule has 6 nitrogen and oxygen atoms in total. The van der Waals surface area contributed by atoms with Crippen LogP contribution in [0.4, 0.5) is 5.69 Å². The van der Waals surface area contributed by atoms with Crippen molar-refractivity contribution in [2.75, 3.05) is 32.0 Å². The van der Waals surface area contributed by atoms with Crippen molar-refractivity contribution in [2.24, 2.45) is 0 Å². The molecular weight excluding hydrogens is 494 g/mol. The van der Waals surface area contributed by atoms with Crippen LogP contribution in [0.5, 0.6) is 0 Å². The lowest BCUT2D eigenvalue weighted by Crippen LogP contribution is -2.34. The van der Waals surface area contributed by atoms with Gasteiger partial charge in [0.1, 0.15) is 12.1 Å². The predicted molar refractivity (Wildman–Crippen MR) is 167 cm³/mol. The van der Waals surface area contributed by atoms with Crippen molar-refractivity contribution in [3.05, 3.63) is 77.6 Å². The number of nitriles is 1. The summed E-state index contributed by atoms with van der Waals surface area (Å²) in [7, 11) is 1.99. The predicted octanol–water partition coefficient (Wildman–Crippen LogP) is 7.60. The number of hydrogen-bond donors (Lipinski definition) is 1. The third kappa shape index (κ3) is 8.16. The fraction of sp³-hybridized carbons (Fsp3) is 0.441. The number of carbonyl (C=O) groups excluding carboxylic acids is 1. The first-order valence-corrected chi connectivity index (χ1v) is 14.8. The summed E-state index contributed by atoms with van der Waals surface area (Å²) in [5, 5.41) is 12.6. The molecule has 0 amide bonds. The minimum absolute atomic E-state index is 0.664. The number of carbonyl (C=O) groups is 1. The zero-order valence-electron chi connectivity index (χ0n) is 24.7. The summed E-state index contributed by atoms with van der Waals surface area (Å²) in [5.41, 5.74) is 7.05. The van der Waals surface area contributed by atoms with Gasteiger partial charge < -0.3 is 19.6 Å². The Kier molecular flexibility index (Phi) is 12.7. The van der Waals surface area contributed by atoms with E-state index in [0.717, 1.165) is 62.0 Å². The molecule has 212 valence electrons. The second-order valence-electron chi connectivity index (χ2n) is 10.0. The zero-order chi connectivity index (χ0) is 28.7. The molecule has 0 saturated carbocycles. The number of nitrogens with zero attached hydrogens (tertiary/aromatic N) is 4. The van der Waals surface area contributed by atoms with Crippen molar-refractivity contribution < 1.29 is 4.79 Å². The van der Waals surface area contributed by atoms with Crippen molar-refractivity contribution >= 4 is 28.6 Å². The lowest BCUT2D eigenvalue weighted by Gasteiger charge is -2.32. The SMILES string of the molecule is CC.CC=O.CNc1cccc(C2CCN(CCCn3c(C4=CC=C(C#N)CCC4)nc4ccccc43)CC2)c1. The molecule has 0 bridgehead atoms. The van der Waals surface area contributed by atoms with Crippen molar-refractivity contribution in [1.29, 1.82) is 5.26 Å². The van der Waals surface area contributed by atoms with Gasteiger partial charge in [0.2, 0.25) is 0 Å². The van der Waals surface area contributed by atoms with Crippen LogP contribution in [0, 0.1) is 11.3 Å². The Hall–Kier alpha value is -3.69. The molecular formula is C34H45N5O. The molecule has 2 aromatic carbocycles. The van der Waals surface area contributed by atoms with Gasteiger partial charge in [-0.05, 0) is 112 Å². The summed E-state index contributed by atoms with van der Waals surface area (Å²) < 4.78 is 2.41. The van der Waals surface area contributed by atoms with E-state index in [4.69, 9.17) is 9.78 Å². The maximum absolute atomic E-state index is 9.31. The van der Waals surface area contributed by atoms with Crippen molar-refractivity contribution in [3.63, 3.8) is 0 Å². The van der Waals surface area contributed by atoms with Gasteiger partial charge in [-0.25, -0.2) is 4.98 Å². The molecule has 0 unspecified atom stereocenters. The third-order valence-electron chi connectivity index (χ3n) is 7.55. The van der Waals surface area contributed by atoms with Crippen LogP contribution in [0.2, 0.25) is 0 Å². The second kappa shape index (κ2) is 16.4. The fourth-order valence-electron chi connectivity index (χ4n) is 5.55. The minimum Gasteiger partial charge on any atom is -0.388 e. The molecule has 1 fully saturated rings. The van der Waals surface area contributed by atoms with E-state index in [1.54, 1.807) is 0 Å². The number of aryl methyl sites for hydroxylation is 1. The Balaban J connectivity index is 0.000000827. The van der Waals surface area contributed by atoms with Crippen LogP contribution in [-0.2, 0) is 11.3 Å². The number of nitrogens with one attached hydrogen (secondary N) is 1. The Morgan fingerprint density at radius 3 is 2.52 bits per heavy atom. The fourth-order valence-corrected chi connectivity index (χ4v) is 5.55. The number of aromatic nitrogens is 2. The number of anilines is 1. The number of hydrogen-bond acceptors (Lipinski definition) is 5. The molecule has 1 aliphatic carbocycles. The van der Waals surface area contributed by atoms with Crippen LogP contribution < -0.4 is 5.32 Å². The summed E-state index contributed by atoms with van der Waals surface area (Å²) in [5.74, 6) is 1.74. The van der Waals surface area contributed by atoms with Crippen LogP contribution in [0.25, 0.3) is 16.6 Å². The third-order valence-corrected chi connectivity index (χ3v) is 7.55. The molecule has 6 heteroatoms. The number of piperidine rings is 1. The van der Waals surface area contributed by atoms with E-state index in [1.807, 2.05) is 27.0 Å².